The van der Waals surface area contributed by atoms with E-state index in [1.807, 2.05) is 0 Å². The molecule has 0 saturated carbocycles. The zero-order valence-corrected chi connectivity index (χ0v) is 10.4. The summed E-state index contributed by atoms with van der Waals surface area (Å²) >= 11 is 4.33. The van der Waals surface area contributed by atoms with Crippen molar-refractivity contribution in [3.05, 3.63) is 18.0 Å². The number of terminal acetylenes is 1. The average molecular weight is 313 g/mol. The molecule has 16 heavy (non-hydrogen) atoms. The highest BCUT2D eigenvalue weighted by molar-refractivity contribution is 9.10. The summed E-state index contributed by atoms with van der Waals surface area (Å²) in [6.45, 7) is 0. The van der Waals surface area contributed by atoms with Gasteiger partial charge in [-0.05, 0) is 0 Å². The molecule has 0 aliphatic rings. The van der Waals surface area contributed by atoms with E-state index >= 15 is 0 Å². The molecule has 0 fully saturated rings. The molecule has 88 valence electrons. The smallest absolute Gasteiger partial charge is 0.248 e. The summed E-state index contributed by atoms with van der Waals surface area (Å²) in [5.74, 6) is 2.37. The number of aromatic nitrogens is 2. The molecule has 0 N–H and O–H groups in total. The third kappa shape index (κ3) is 4.49. The van der Waals surface area contributed by atoms with Crippen LogP contribution in [0.15, 0.2) is 12.4 Å². The Morgan fingerprint density at radius 1 is 1.62 bits per heavy atom. The number of alkyl halides is 4. The van der Waals surface area contributed by atoms with E-state index in [1.54, 1.807) is 6.20 Å². The van der Waals surface area contributed by atoms with Gasteiger partial charge in [-0.3, -0.25) is 0 Å². The van der Waals surface area contributed by atoms with Crippen LogP contribution < -0.4 is 0 Å². The molecule has 1 heterocycles. The first-order chi connectivity index (χ1) is 7.42. The van der Waals surface area contributed by atoms with Crippen molar-refractivity contribution in [3.8, 4) is 12.3 Å². The zero-order chi connectivity index (χ0) is 12.2. The fraction of sp³-hybridized carbons (Fsp3) is 0.444. The van der Waals surface area contributed by atoms with Crippen LogP contribution in [-0.4, -0.2) is 21.7 Å². The van der Waals surface area contributed by atoms with Gasteiger partial charge < -0.3 is 0 Å². The lowest BCUT2D eigenvalue weighted by Gasteiger charge is -2.10. The van der Waals surface area contributed by atoms with Crippen molar-refractivity contribution < 1.29 is 13.2 Å². The van der Waals surface area contributed by atoms with Gasteiger partial charge in [0.05, 0.1) is 18.2 Å². The predicted octanol–water partition coefficient (Wildman–Crippen LogP) is 3.40. The Labute approximate surface area is 104 Å². The van der Waals surface area contributed by atoms with E-state index in [2.05, 4.69) is 26.9 Å². The second kappa shape index (κ2) is 5.64. The van der Waals surface area contributed by atoms with E-state index in [9.17, 15) is 13.2 Å². The number of hydrogen-bond donors (Lipinski definition) is 0. The maximum absolute atomic E-state index is 11.9. The molecule has 0 spiro atoms. The summed E-state index contributed by atoms with van der Waals surface area (Å²) in [7, 11) is 0. The van der Waals surface area contributed by atoms with Crippen LogP contribution in [0, 0.1) is 12.3 Å². The minimum Gasteiger partial charge on any atom is -0.248 e. The first-order valence-corrected chi connectivity index (χ1v) is 6.22. The molecule has 1 unspecified atom stereocenters. The van der Waals surface area contributed by atoms with Crippen LogP contribution in [0.3, 0.4) is 0 Å². The van der Waals surface area contributed by atoms with Crippen LogP contribution in [0.4, 0.5) is 13.2 Å². The fourth-order valence-corrected chi connectivity index (χ4v) is 2.47. The summed E-state index contributed by atoms with van der Waals surface area (Å²) in [5.41, 5.74) is 0.598. The number of rotatable bonds is 4. The summed E-state index contributed by atoms with van der Waals surface area (Å²) in [6, 6.07) is 0. The van der Waals surface area contributed by atoms with E-state index in [0.29, 0.717) is 5.56 Å². The van der Waals surface area contributed by atoms with Gasteiger partial charge in [-0.1, -0.05) is 21.9 Å². The second-order valence-corrected chi connectivity index (χ2v) is 5.54. The molecule has 0 aliphatic heterocycles. The monoisotopic (exact) mass is 312 g/mol. The Morgan fingerprint density at radius 2 is 2.31 bits per heavy atom. The van der Waals surface area contributed by atoms with E-state index < -0.39 is 12.6 Å². The molecular weight excluding hydrogens is 305 g/mol. The molecule has 1 aromatic rings. The Morgan fingerprint density at radius 3 is 2.81 bits per heavy atom. The van der Waals surface area contributed by atoms with Gasteiger partial charge in [-0.2, -0.15) is 18.3 Å². The van der Waals surface area contributed by atoms with Crippen LogP contribution in [0.2, 0.25) is 0 Å². The highest BCUT2D eigenvalue weighted by Crippen LogP contribution is 2.32. The molecule has 0 aromatic carbocycles. The molecule has 1 atom stereocenters. The lowest BCUT2D eigenvalue weighted by atomic mass is 10.4. The van der Waals surface area contributed by atoms with Gasteiger partial charge >= 0.3 is 6.18 Å². The van der Waals surface area contributed by atoms with Gasteiger partial charge in [0.2, 0.25) is 0 Å². The average Bonchev–Trinajstić information content (AvgIpc) is 2.63. The van der Waals surface area contributed by atoms with Crippen molar-refractivity contribution in [2.24, 2.45) is 0 Å². The minimum absolute atomic E-state index is 0.0232. The highest BCUT2D eigenvalue weighted by Gasteiger charge is 2.26. The van der Waals surface area contributed by atoms with Crippen LogP contribution in [0.1, 0.15) is 16.3 Å². The summed E-state index contributed by atoms with van der Waals surface area (Å²) < 4.78 is 36.8. The Hall–Kier alpha value is -0.610. The molecule has 0 bridgehead atoms. The topological polar surface area (TPSA) is 17.8 Å². The largest absolute Gasteiger partial charge is 0.389 e. The Bertz CT molecular complexity index is 383. The van der Waals surface area contributed by atoms with Gasteiger partial charge in [0.25, 0.3) is 0 Å². The summed E-state index contributed by atoms with van der Waals surface area (Å²) in [4.78, 5) is 0. The second-order valence-electron chi connectivity index (χ2n) is 2.88. The van der Waals surface area contributed by atoms with E-state index in [4.69, 9.17) is 6.42 Å². The molecule has 0 radical (unpaired) electrons. The standard InChI is InChI=1S/C9H8BrF3N2S/c1-2-7-5-14-15(6-7)8(10)16-4-3-9(11,12)13/h1,5-6,8H,3-4H2. The molecule has 2 nitrogen and oxygen atoms in total. The van der Waals surface area contributed by atoms with Crippen molar-refractivity contribution in [2.45, 2.75) is 16.9 Å². The number of halogens is 4. The molecule has 7 heteroatoms. The van der Waals surface area contributed by atoms with Crippen molar-refractivity contribution in [3.63, 3.8) is 0 Å². The molecule has 0 aliphatic carbocycles. The molecule has 1 rings (SSSR count). The van der Waals surface area contributed by atoms with Gasteiger partial charge in [0, 0.05) is 11.9 Å². The van der Waals surface area contributed by atoms with Gasteiger partial charge in [-0.15, -0.1) is 18.2 Å². The van der Waals surface area contributed by atoms with Crippen molar-refractivity contribution in [1.82, 2.24) is 9.78 Å². The van der Waals surface area contributed by atoms with Crippen molar-refractivity contribution in [2.75, 3.05) is 5.75 Å². The van der Waals surface area contributed by atoms with Crippen LogP contribution in [0.25, 0.3) is 0 Å². The summed E-state index contributed by atoms with van der Waals surface area (Å²) in [5, 5.41) is 3.93. The van der Waals surface area contributed by atoms with Crippen LogP contribution in [-0.2, 0) is 0 Å². The van der Waals surface area contributed by atoms with E-state index in [0.717, 1.165) is 11.8 Å². The lowest BCUT2D eigenvalue weighted by molar-refractivity contribution is -0.129. The first kappa shape index (κ1) is 13.5. The number of nitrogens with zero attached hydrogens (tertiary/aromatic N) is 2. The highest BCUT2D eigenvalue weighted by atomic mass is 79.9. The Balaban J connectivity index is 2.41. The van der Waals surface area contributed by atoms with E-state index in [-0.39, 0.29) is 10.0 Å². The SMILES string of the molecule is C#Cc1cnn(C(Br)SCCC(F)(F)F)c1. The molecule has 0 amide bonds. The molecular formula is C9H8BrF3N2S. The maximum atomic E-state index is 11.9. The quantitative estimate of drug-likeness (QED) is 0.626. The number of hydrogen-bond acceptors (Lipinski definition) is 2. The molecule has 0 saturated heterocycles. The van der Waals surface area contributed by atoms with Gasteiger partial charge in [0.1, 0.15) is 0 Å². The summed E-state index contributed by atoms with van der Waals surface area (Å²) in [6.07, 6.45) is 3.29. The third-order valence-electron chi connectivity index (χ3n) is 1.62. The molecule has 1 aromatic heterocycles. The van der Waals surface area contributed by atoms with Crippen LogP contribution in [0.5, 0.6) is 0 Å². The minimum atomic E-state index is -4.12. The van der Waals surface area contributed by atoms with E-state index in [1.165, 1.54) is 10.9 Å². The number of thioether (sulfide) groups is 1. The predicted molar refractivity (Wildman–Crippen MR) is 61.3 cm³/mol. The van der Waals surface area contributed by atoms with Crippen molar-refractivity contribution in [1.29, 1.82) is 0 Å². The zero-order valence-electron chi connectivity index (χ0n) is 8.04. The van der Waals surface area contributed by atoms with Gasteiger partial charge in [-0.25, -0.2) is 4.68 Å². The fourth-order valence-electron chi connectivity index (χ4n) is 0.872. The van der Waals surface area contributed by atoms with Crippen molar-refractivity contribution >= 4 is 27.7 Å². The van der Waals surface area contributed by atoms with Crippen LogP contribution >= 0.6 is 27.7 Å². The first-order valence-electron chi connectivity index (χ1n) is 4.25. The third-order valence-corrected chi connectivity index (χ3v) is 3.76. The Kier molecular flexibility index (Phi) is 4.74. The van der Waals surface area contributed by atoms with Gasteiger partial charge in [0.15, 0.2) is 4.28 Å². The normalized spacial score (nSPS) is 13.4. The lowest BCUT2D eigenvalue weighted by Crippen LogP contribution is -2.09. The maximum Gasteiger partial charge on any atom is 0.389 e.